The summed E-state index contributed by atoms with van der Waals surface area (Å²) in [5.41, 5.74) is 10.8. The summed E-state index contributed by atoms with van der Waals surface area (Å²) in [5.74, 6) is 0.754. The largest absolute Gasteiger partial charge is 0.397 e. The van der Waals surface area contributed by atoms with Gasteiger partial charge in [-0.25, -0.2) is 0 Å². The van der Waals surface area contributed by atoms with Gasteiger partial charge >= 0.3 is 0 Å². The Morgan fingerprint density at radius 2 is 2.00 bits per heavy atom. The zero-order valence-electron chi connectivity index (χ0n) is 12.7. The first-order valence-corrected chi connectivity index (χ1v) is 7.23. The maximum atomic E-state index is 6.17. The molecule has 0 aromatic heterocycles. The number of piperidine rings is 1. The van der Waals surface area contributed by atoms with Gasteiger partial charge in [-0.15, -0.1) is 0 Å². The number of anilines is 2. The number of nitrogens with two attached hydrogens (primary N) is 1. The molecular weight excluding hydrogens is 234 g/mol. The van der Waals surface area contributed by atoms with Gasteiger partial charge in [0.25, 0.3) is 0 Å². The van der Waals surface area contributed by atoms with Crippen molar-refractivity contribution < 1.29 is 0 Å². The summed E-state index contributed by atoms with van der Waals surface area (Å²) in [6, 6.07) is 4.31. The molecule has 2 rings (SSSR count). The topological polar surface area (TPSA) is 32.5 Å². The van der Waals surface area contributed by atoms with Crippen LogP contribution < -0.4 is 10.6 Å². The average Bonchev–Trinajstić information content (AvgIpc) is 2.33. The van der Waals surface area contributed by atoms with Crippen molar-refractivity contribution >= 4 is 11.4 Å². The van der Waals surface area contributed by atoms with Crippen molar-refractivity contribution in [3.63, 3.8) is 0 Å². The Morgan fingerprint density at radius 1 is 1.32 bits per heavy atom. The number of benzene rings is 1. The van der Waals surface area contributed by atoms with Gasteiger partial charge in [0, 0.05) is 20.1 Å². The lowest BCUT2D eigenvalue weighted by Crippen LogP contribution is -2.38. The molecule has 1 aromatic carbocycles. The van der Waals surface area contributed by atoms with Crippen molar-refractivity contribution in [1.82, 2.24) is 4.90 Å². The first-order valence-electron chi connectivity index (χ1n) is 7.23. The van der Waals surface area contributed by atoms with Crippen molar-refractivity contribution in [3.05, 3.63) is 23.3 Å². The van der Waals surface area contributed by atoms with Crippen molar-refractivity contribution in [1.29, 1.82) is 0 Å². The highest BCUT2D eigenvalue weighted by molar-refractivity contribution is 5.69. The van der Waals surface area contributed by atoms with Gasteiger partial charge in [-0.3, -0.25) is 0 Å². The van der Waals surface area contributed by atoms with E-state index in [9.17, 15) is 0 Å². The molecule has 0 aliphatic carbocycles. The second-order valence-corrected chi connectivity index (χ2v) is 6.15. The predicted octanol–water partition coefficient (Wildman–Crippen LogP) is 2.66. The molecule has 3 nitrogen and oxygen atoms in total. The second kappa shape index (κ2) is 5.83. The van der Waals surface area contributed by atoms with Gasteiger partial charge in [-0.1, -0.05) is 0 Å². The van der Waals surface area contributed by atoms with Crippen LogP contribution in [0.5, 0.6) is 0 Å². The van der Waals surface area contributed by atoms with E-state index < -0.39 is 0 Å². The van der Waals surface area contributed by atoms with Crippen LogP contribution in [0, 0.1) is 19.8 Å². The lowest BCUT2D eigenvalue weighted by molar-refractivity contribution is 0.213. The normalized spacial score (nSPS) is 20.5. The molecular formula is C16H27N3. The van der Waals surface area contributed by atoms with Crippen LogP contribution in [0.1, 0.15) is 24.0 Å². The summed E-state index contributed by atoms with van der Waals surface area (Å²) in [6.45, 7) is 7.81. The Kier molecular flexibility index (Phi) is 4.35. The minimum Gasteiger partial charge on any atom is -0.397 e. The van der Waals surface area contributed by atoms with Gasteiger partial charge in [0.2, 0.25) is 0 Å². The fraction of sp³-hybridized carbons (Fsp3) is 0.625. The maximum absolute atomic E-state index is 6.17. The van der Waals surface area contributed by atoms with Gasteiger partial charge in [0.05, 0.1) is 11.4 Å². The zero-order valence-corrected chi connectivity index (χ0v) is 12.7. The number of hydrogen-bond donors (Lipinski definition) is 1. The molecule has 0 saturated carbocycles. The highest BCUT2D eigenvalue weighted by Gasteiger charge is 2.19. The molecule has 1 saturated heterocycles. The van der Waals surface area contributed by atoms with Crippen molar-refractivity contribution in [2.24, 2.45) is 5.92 Å². The third kappa shape index (κ3) is 3.41. The Morgan fingerprint density at radius 3 is 2.68 bits per heavy atom. The van der Waals surface area contributed by atoms with E-state index in [1.807, 2.05) is 0 Å². The van der Waals surface area contributed by atoms with Crippen molar-refractivity contribution in [2.75, 3.05) is 44.4 Å². The molecule has 106 valence electrons. The Balaban J connectivity index is 2.07. The molecule has 1 fully saturated rings. The van der Waals surface area contributed by atoms with E-state index in [4.69, 9.17) is 5.73 Å². The molecule has 2 N–H and O–H groups in total. The number of hydrogen-bond acceptors (Lipinski definition) is 3. The van der Waals surface area contributed by atoms with Crippen molar-refractivity contribution in [3.8, 4) is 0 Å². The van der Waals surface area contributed by atoms with Gasteiger partial charge < -0.3 is 15.5 Å². The quantitative estimate of drug-likeness (QED) is 0.849. The van der Waals surface area contributed by atoms with E-state index in [1.165, 1.54) is 42.7 Å². The van der Waals surface area contributed by atoms with Crippen LogP contribution in [0.4, 0.5) is 11.4 Å². The van der Waals surface area contributed by atoms with Gasteiger partial charge in [0.1, 0.15) is 0 Å². The van der Waals surface area contributed by atoms with E-state index in [1.54, 1.807) is 0 Å². The highest BCUT2D eigenvalue weighted by Crippen LogP contribution is 2.27. The molecule has 0 bridgehead atoms. The SMILES string of the molecule is Cc1cc(N)c(N(C)CC2CCCN(C)C2)cc1C. The van der Waals surface area contributed by atoms with Crippen LogP contribution in [-0.2, 0) is 0 Å². The average molecular weight is 261 g/mol. The smallest absolute Gasteiger partial charge is 0.0600 e. The summed E-state index contributed by atoms with van der Waals surface area (Å²) in [5, 5.41) is 0. The van der Waals surface area contributed by atoms with Crippen LogP contribution in [0.25, 0.3) is 0 Å². The van der Waals surface area contributed by atoms with E-state index in [2.05, 4.69) is 49.9 Å². The molecule has 1 unspecified atom stereocenters. The summed E-state index contributed by atoms with van der Waals surface area (Å²) < 4.78 is 0. The highest BCUT2D eigenvalue weighted by atomic mass is 15.1. The first-order chi connectivity index (χ1) is 8.97. The fourth-order valence-corrected chi connectivity index (χ4v) is 3.06. The fourth-order valence-electron chi connectivity index (χ4n) is 3.06. The third-order valence-corrected chi connectivity index (χ3v) is 4.31. The minimum absolute atomic E-state index is 0.754. The molecule has 0 radical (unpaired) electrons. The van der Waals surface area contributed by atoms with Crippen LogP contribution in [0.2, 0.25) is 0 Å². The van der Waals surface area contributed by atoms with Crippen LogP contribution in [-0.4, -0.2) is 38.6 Å². The standard InChI is InChI=1S/C16H27N3/c1-12-8-15(17)16(9-13(12)2)19(4)11-14-6-5-7-18(3)10-14/h8-9,14H,5-7,10-11,17H2,1-4H3. The molecule has 1 atom stereocenters. The molecule has 0 spiro atoms. The maximum Gasteiger partial charge on any atom is 0.0600 e. The molecule has 1 heterocycles. The Bertz CT molecular complexity index is 442. The lowest BCUT2D eigenvalue weighted by atomic mass is 9.97. The molecule has 19 heavy (non-hydrogen) atoms. The molecule has 1 aromatic rings. The van der Waals surface area contributed by atoms with Crippen LogP contribution >= 0.6 is 0 Å². The molecule has 0 amide bonds. The third-order valence-electron chi connectivity index (χ3n) is 4.31. The number of rotatable bonds is 3. The van der Waals surface area contributed by atoms with E-state index in [0.29, 0.717) is 0 Å². The summed E-state index contributed by atoms with van der Waals surface area (Å²) >= 11 is 0. The van der Waals surface area contributed by atoms with Crippen LogP contribution in [0.15, 0.2) is 12.1 Å². The number of nitrogen functional groups attached to an aromatic ring is 1. The number of likely N-dealkylation sites (tertiary alicyclic amines) is 1. The molecule has 1 aliphatic heterocycles. The lowest BCUT2D eigenvalue weighted by Gasteiger charge is -2.33. The van der Waals surface area contributed by atoms with E-state index in [-0.39, 0.29) is 0 Å². The zero-order chi connectivity index (χ0) is 14.0. The summed E-state index contributed by atoms with van der Waals surface area (Å²) in [7, 11) is 4.38. The van der Waals surface area contributed by atoms with Gasteiger partial charge in [0.15, 0.2) is 0 Å². The number of nitrogens with zero attached hydrogens (tertiary/aromatic N) is 2. The monoisotopic (exact) mass is 261 g/mol. The van der Waals surface area contributed by atoms with Crippen LogP contribution in [0.3, 0.4) is 0 Å². The number of aryl methyl sites for hydroxylation is 2. The summed E-state index contributed by atoms with van der Waals surface area (Å²) in [6.07, 6.45) is 2.65. The Labute approximate surface area is 117 Å². The first kappa shape index (κ1) is 14.2. The van der Waals surface area contributed by atoms with E-state index >= 15 is 0 Å². The molecule has 3 heteroatoms. The minimum atomic E-state index is 0.754. The second-order valence-electron chi connectivity index (χ2n) is 6.15. The predicted molar refractivity (Wildman–Crippen MR) is 83.8 cm³/mol. The van der Waals surface area contributed by atoms with Gasteiger partial charge in [-0.05, 0) is 69.5 Å². The van der Waals surface area contributed by atoms with Crippen molar-refractivity contribution in [2.45, 2.75) is 26.7 Å². The summed E-state index contributed by atoms with van der Waals surface area (Å²) in [4.78, 5) is 4.76. The van der Waals surface area contributed by atoms with E-state index in [0.717, 1.165) is 18.2 Å². The molecule has 1 aliphatic rings. The van der Waals surface area contributed by atoms with Gasteiger partial charge in [-0.2, -0.15) is 0 Å². The Hall–Kier alpha value is -1.22.